The summed E-state index contributed by atoms with van der Waals surface area (Å²) < 4.78 is 13.1. The Kier molecular flexibility index (Phi) is 6.24. The van der Waals surface area contributed by atoms with Crippen molar-refractivity contribution in [2.45, 2.75) is 6.92 Å². The first-order chi connectivity index (χ1) is 15.1. The number of rotatable bonds is 7. The van der Waals surface area contributed by atoms with E-state index in [0.717, 1.165) is 17.1 Å². The summed E-state index contributed by atoms with van der Waals surface area (Å²) >= 11 is 0. The second-order valence-corrected chi connectivity index (χ2v) is 7.10. The molecule has 0 fully saturated rings. The minimum Gasteiger partial charge on any atom is -0.505 e. The quantitative estimate of drug-likeness (QED) is 0.292. The highest BCUT2D eigenvalue weighted by Crippen LogP contribution is 2.32. The van der Waals surface area contributed by atoms with E-state index in [0.29, 0.717) is 0 Å². The Bertz CT molecular complexity index is 1250. The number of hydrogen-bond acceptors (Lipinski definition) is 7. The largest absolute Gasteiger partial charge is 0.505 e. The van der Waals surface area contributed by atoms with Gasteiger partial charge in [0.25, 0.3) is 22.7 Å². The number of carbonyl (C=O) groups is 2. The molecule has 9 nitrogen and oxygen atoms in total. The lowest BCUT2D eigenvalue weighted by Gasteiger charge is -2.25. The number of phenols is 1. The molecule has 166 valence electrons. The number of nitrogens with zero attached hydrogens (tertiary/aromatic N) is 2. The van der Waals surface area contributed by atoms with Gasteiger partial charge in [0.1, 0.15) is 17.2 Å². The van der Waals surface area contributed by atoms with Crippen molar-refractivity contribution in [1.29, 1.82) is 0 Å². The Morgan fingerprint density at radius 3 is 2.19 bits per heavy atom. The zero-order chi connectivity index (χ0) is 23.6. The average molecular weight is 440 g/mol. The molecule has 0 radical (unpaired) electrons. The lowest BCUT2D eigenvalue weighted by Crippen LogP contribution is -2.44. The minimum absolute atomic E-state index is 0.00915. The van der Waals surface area contributed by atoms with E-state index in [9.17, 15) is 28.7 Å². The molecule has 3 aromatic rings. The highest BCUT2D eigenvalue weighted by molar-refractivity contribution is 5.99. The SMILES string of the molecule is CCN(Nc1c(Nc2cccc(C(=O)N(C)C)c2O)c(=O)c1=O)C(=O)c1ccc(F)cc1. The van der Waals surface area contributed by atoms with Crippen molar-refractivity contribution in [1.82, 2.24) is 9.91 Å². The summed E-state index contributed by atoms with van der Waals surface area (Å²) in [6.07, 6.45) is 0. The smallest absolute Gasteiger partial charge is 0.272 e. The molecule has 0 unspecified atom stereocenters. The van der Waals surface area contributed by atoms with Gasteiger partial charge in [-0.25, -0.2) is 4.39 Å². The fourth-order valence-corrected chi connectivity index (χ4v) is 2.97. The van der Waals surface area contributed by atoms with Crippen LogP contribution in [0.1, 0.15) is 27.6 Å². The zero-order valence-electron chi connectivity index (χ0n) is 17.6. The first kappa shape index (κ1) is 22.5. The molecular weight excluding hydrogens is 419 g/mol. The second kappa shape index (κ2) is 8.88. The molecule has 0 saturated heterocycles. The Hall–Kier alpha value is -4.21. The van der Waals surface area contributed by atoms with Crippen LogP contribution in [0.25, 0.3) is 0 Å². The summed E-state index contributed by atoms with van der Waals surface area (Å²) in [6, 6.07) is 9.23. The summed E-state index contributed by atoms with van der Waals surface area (Å²) in [6.45, 7) is 1.78. The van der Waals surface area contributed by atoms with Crippen LogP contribution < -0.4 is 21.6 Å². The van der Waals surface area contributed by atoms with E-state index in [2.05, 4.69) is 10.7 Å². The van der Waals surface area contributed by atoms with Crippen molar-refractivity contribution in [2.75, 3.05) is 31.4 Å². The van der Waals surface area contributed by atoms with Crippen molar-refractivity contribution in [3.8, 4) is 5.75 Å². The third kappa shape index (κ3) is 4.15. The number of hydrogen-bond donors (Lipinski definition) is 3. The summed E-state index contributed by atoms with van der Waals surface area (Å²) in [5.74, 6) is -1.87. The van der Waals surface area contributed by atoms with Gasteiger partial charge in [-0.05, 0) is 43.3 Å². The standard InChI is InChI=1S/C22H21FN4O5/c1-4-27(21(31)12-8-10-13(23)11-9-12)25-17-16(19(29)20(17)30)24-15-7-5-6-14(18(15)28)22(32)26(2)3/h5-11,24-25,28H,4H2,1-3H3. The number of amides is 2. The van der Waals surface area contributed by atoms with E-state index in [1.807, 2.05) is 0 Å². The number of para-hydroxylation sites is 1. The maximum Gasteiger partial charge on any atom is 0.272 e. The van der Waals surface area contributed by atoms with Gasteiger partial charge in [-0.15, -0.1) is 0 Å². The molecule has 0 aromatic heterocycles. The van der Waals surface area contributed by atoms with Gasteiger partial charge >= 0.3 is 0 Å². The van der Waals surface area contributed by atoms with Gasteiger partial charge in [0.15, 0.2) is 5.75 Å². The number of anilines is 3. The maximum absolute atomic E-state index is 13.1. The number of aromatic hydroxyl groups is 1. The van der Waals surface area contributed by atoms with Gasteiger partial charge in [0, 0.05) is 26.2 Å². The molecule has 0 aliphatic carbocycles. The summed E-state index contributed by atoms with van der Waals surface area (Å²) in [5.41, 5.74) is 0.828. The number of nitrogens with one attached hydrogen (secondary N) is 2. The van der Waals surface area contributed by atoms with Crippen LogP contribution in [0.5, 0.6) is 5.75 Å². The third-order valence-electron chi connectivity index (χ3n) is 4.74. The first-order valence-electron chi connectivity index (χ1n) is 9.63. The second-order valence-electron chi connectivity index (χ2n) is 7.10. The predicted molar refractivity (Wildman–Crippen MR) is 117 cm³/mol. The molecule has 3 N–H and O–H groups in total. The number of carbonyl (C=O) groups excluding carboxylic acids is 2. The molecule has 0 atom stereocenters. The number of halogens is 1. The van der Waals surface area contributed by atoms with Gasteiger partial charge < -0.3 is 15.3 Å². The zero-order valence-corrected chi connectivity index (χ0v) is 17.6. The first-order valence-corrected chi connectivity index (χ1v) is 9.63. The van der Waals surface area contributed by atoms with E-state index in [1.54, 1.807) is 6.92 Å². The van der Waals surface area contributed by atoms with Crippen LogP contribution in [0.15, 0.2) is 52.1 Å². The van der Waals surface area contributed by atoms with Crippen molar-refractivity contribution < 1.29 is 19.1 Å². The van der Waals surface area contributed by atoms with E-state index in [4.69, 9.17) is 0 Å². The van der Waals surface area contributed by atoms with E-state index >= 15 is 0 Å². The molecule has 0 saturated carbocycles. The molecule has 10 heteroatoms. The molecule has 0 aliphatic heterocycles. The number of hydrazine groups is 1. The normalized spacial score (nSPS) is 10.6. The Morgan fingerprint density at radius 1 is 0.969 bits per heavy atom. The topological polar surface area (TPSA) is 119 Å². The molecule has 2 amide bonds. The van der Waals surface area contributed by atoms with Gasteiger partial charge in [0.2, 0.25) is 0 Å². The molecule has 0 spiro atoms. The predicted octanol–water partition coefficient (Wildman–Crippen LogP) is 2.06. The average Bonchev–Trinajstić information content (AvgIpc) is 2.78. The highest BCUT2D eigenvalue weighted by atomic mass is 19.1. The molecule has 0 bridgehead atoms. The van der Waals surface area contributed by atoms with Crippen LogP contribution in [-0.2, 0) is 0 Å². The lowest BCUT2D eigenvalue weighted by atomic mass is 10.1. The van der Waals surface area contributed by atoms with Crippen molar-refractivity contribution in [2.24, 2.45) is 0 Å². The van der Waals surface area contributed by atoms with Crippen LogP contribution in [0, 0.1) is 5.82 Å². The van der Waals surface area contributed by atoms with Gasteiger partial charge in [-0.3, -0.25) is 29.6 Å². The van der Waals surface area contributed by atoms with Crippen molar-refractivity contribution in [3.05, 3.63) is 79.9 Å². The summed E-state index contributed by atoms with van der Waals surface area (Å²) in [4.78, 5) is 50.5. The van der Waals surface area contributed by atoms with Crippen LogP contribution in [-0.4, -0.2) is 47.5 Å². The van der Waals surface area contributed by atoms with Gasteiger partial charge in [-0.2, -0.15) is 0 Å². The van der Waals surface area contributed by atoms with Crippen LogP contribution in [0.4, 0.5) is 21.5 Å². The Labute approximate surface area is 182 Å². The lowest BCUT2D eigenvalue weighted by molar-refractivity contribution is 0.0798. The van der Waals surface area contributed by atoms with Gasteiger partial charge in [-0.1, -0.05) is 6.07 Å². The monoisotopic (exact) mass is 440 g/mol. The Balaban J connectivity index is 1.88. The number of benzene rings is 2. The molecule has 3 rings (SSSR count). The molecule has 32 heavy (non-hydrogen) atoms. The van der Waals surface area contributed by atoms with Gasteiger partial charge in [0.05, 0.1) is 11.3 Å². The Morgan fingerprint density at radius 2 is 1.59 bits per heavy atom. The highest BCUT2D eigenvalue weighted by Gasteiger charge is 2.26. The molecular formula is C22H21FN4O5. The minimum atomic E-state index is -0.849. The molecule has 0 aliphatic rings. The van der Waals surface area contributed by atoms with E-state index < -0.39 is 28.5 Å². The fourth-order valence-electron chi connectivity index (χ4n) is 2.97. The summed E-state index contributed by atoms with van der Waals surface area (Å²) in [5, 5.41) is 14.2. The van der Waals surface area contributed by atoms with Crippen LogP contribution in [0.3, 0.4) is 0 Å². The van der Waals surface area contributed by atoms with E-state index in [-0.39, 0.29) is 40.5 Å². The fraction of sp³-hybridized carbons (Fsp3) is 0.182. The third-order valence-corrected chi connectivity index (χ3v) is 4.74. The molecule has 0 heterocycles. The van der Waals surface area contributed by atoms with Crippen LogP contribution in [0.2, 0.25) is 0 Å². The van der Waals surface area contributed by atoms with Crippen molar-refractivity contribution in [3.63, 3.8) is 0 Å². The van der Waals surface area contributed by atoms with Crippen LogP contribution >= 0.6 is 0 Å². The number of phenolic OH excluding ortho intramolecular Hbond substituents is 1. The summed E-state index contributed by atoms with van der Waals surface area (Å²) in [7, 11) is 3.05. The maximum atomic E-state index is 13.1. The van der Waals surface area contributed by atoms with Crippen molar-refractivity contribution >= 4 is 28.9 Å². The molecule has 3 aromatic carbocycles. The van der Waals surface area contributed by atoms with E-state index in [1.165, 1.54) is 49.3 Å².